The van der Waals surface area contributed by atoms with Crippen LogP contribution in [0.3, 0.4) is 0 Å². The summed E-state index contributed by atoms with van der Waals surface area (Å²) in [7, 11) is 1.43. The monoisotopic (exact) mass is 357 g/mol. The third-order valence-corrected chi connectivity index (χ3v) is 4.37. The molecule has 2 heterocycles. The van der Waals surface area contributed by atoms with E-state index >= 15 is 0 Å². The predicted octanol–water partition coefficient (Wildman–Crippen LogP) is 1.80. The van der Waals surface area contributed by atoms with Gasteiger partial charge in [0.2, 0.25) is 0 Å². The van der Waals surface area contributed by atoms with E-state index in [1.54, 1.807) is 11.0 Å². The van der Waals surface area contributed by atoms with Gasteiger partial charge in [-0.15, -0.1) is 0 Å². The van der Waals surface area contributed by atoms with Gasteiger partial charge >= 0.3 is 0 Å². The zero-order valence-electron chi connectivity index (χ0n) is 15.4. The van der Waals surface area contributed by atoms with Gasteiger partial charge in [-0.05, 0) is 32.4 Å². The summed E-state index contributed by atoms with van der Waals surface area (Å²) in [4.78, 5) is 27.2. The van der Waals surface area contributed by atoms with E-state index in [1.165, 1.54) is 17.9 Å². The highest BCUT2D eigenvalue weighted by molar-refractivity contribution is 5.95. The van der Waals surface area contributed by atoms with Gasteiger partial charge in [0.05, 0.1) is 31.1 Å². The molecule has 1 aliphatic heterocycles. The maximum absolute atomic E-state index is 13.1. The number of hydrogen-bond acceptors (Lipinski definition) is 5. The first-order valence-electron chi connectivity index (χ1n) is 8.59. The molecular weight excluding hydrogens is 334 g/mol. The molecule has 0 unspecified atom stereocenters. The minimum Gasteiger partial charge on any atom is -0.494 e. The van der Waals surface area contributed by atoms with Gasteiger partial charge in [-0.3, -0.25) is 9.59 Å². The van der Waals surface area contributed by atoms with E-state index in [-0.39, 0.29) is 35.1 Å². The summed E-state index contributed by atoms with van der Waals surface area (Å²) in [6.45, 7) is 6.68. The summed E-state index contributed by atoms with van der Waals surface area (Å²) < 4.78 is 12.2. The fourth-order valence-corrected chi connectivity index (χ4v) is 3.21. The number of carbonyl (C=O) groups excluding carboxylic acids is 1. The van der Waals surface area contributed by atoms with Crippen LogP contribution in [0.5, 0.6) is 5.75 Å². The summed E-state index contributed by atoms with van der Waals surface area (Å²) in [5, 5.41) is 4.35. The molecule has 2 atom stereocenters. The predicted molar refractivity (Wildman–Crippen MR) is 97.0 cm³/mol. The van der Waals surface area contributed by atoms with Crippen molar-refractivity contribution in [1.82, 2.24) is 14.7 Å². The number of aryl methyl sites for hydroxylation is 1. The number of para-hydroxylation sites is 1. The topological polar surface area (TPSA) is 73.7 Å². The number of nitrogens with zero attached hydrogens (tertiary/aromatic N) is 3. The molecule has 3 rings (SSSR count). The Bertz CT molecular complexity index is 867. The van der Waals surface area contributed by atoms with Gasteiger partial charge in [-0.1, -0.05) is 18.2 Å². The summed E-state index contributed by atoms with van der Waals surface area (Å²) in [5.74, 6) is -0.0946. The first kappa shape index (κ1) is 18.1. The van der Waals surface area contributed by atoms with Gasteiger partial charge in [0.25, 0.3) is 11.5 Å². The van der Waals surface area contributed by atoms with Crippen molar-refractivity contribution in [1.29, 1.82) is 0 Å². The Morgan fingerprint density at radius 3 is 2.50 bits per heavy atom. The lowest BCUT2D eigenvalue weighted by Crippen LogP contribution is -2.48. The number of rotatable bonds is 3. The number of methoxy groups -OCH3 is 1. The first-order chi connectivity index (χ1) is 12.4. The van der Waals surface area contributed by atoms with Gasteiger partial charge in [0, 0.05) is 13.1 Å². The molecule has 1 amide bonds. The molecule has 1 aromatic carbocycles. The number of morpholine rings is 1. The number of amides is 1. The first-order valence-corrected chi connectivity index (χ1v) is 8.59. The molecule has 138 valence electrons. The third-order valence-electron chi connectivity index (χ3n) is 4.37. The molecule has 0 radical (unpaired) electrons. The molecular formula is C19H23N3O4. The molecule has 2 aromatic rings. The SMILES string of the molecule is COc1cc(=O)n(-c2ccccc2C)nc1C(=O)N1C[C@@H](C)O[C@@H](C)C1. The quantitative estimate of drug-likeness (QED) is 0.837. The van der Waals surface area contributed by atoms with E-state index in [2.05, 4.69) is 5.10 Å². The molecule has 1 aromatic heterocycles. The zero-order chi connectivity index (χ0) is 18.8. The molecule has 26 heavy (non-hydrogen) atoms. The van der Waals surface area contributed by atoms with E-state index in [1.807, 2.05) is 39.0 Å². The van der Waals surface area contributed by atoms with Crippen LogP contribution in [0.25, 0.3) is 5.69 Å². The number of hydrogen-bond donors (Lipinski definition) is 0. The Kier molecular flexibility index (Phi) is 5.08. The Morgan fingerprint density at radius 2 is 1.88 bits per heavy atom. The lowest BCUT2D eigenvalue weighted by atomic mass is 10.2. The molecule has 1 fully saturated rings. The van der Waals surface area contributed by atoms with Crippen molar-refractivity contribution >= 4 is 5.91 Å². The average molecular weight is 357 g/mol. The molecule has 7 nitrogen and oxygen atoms in total. The van der Waals surface area contributed by atoms with Crippen molar-refractivity contribution in [2.45, 2.75) is 33.0 Å². The molecule has 1 saturated heterocycles. The highest BCUT2D eigenvalue weighted by atomic mass is 16.5. The standard InChI is InChI=1S/C19H23N3O4/c1-12-7-5-6-8-15(12)22-17(23)9-16(25-4)18(20-22)19(24)21-10-13(2)26-14(3)11-21/h5-9,13-14H,10-11H2,1-4H3/t13-,14+. The van der Waals surface area contributed by atoms with Crippen molar-refractivity contribution in [3.05, 3.63) is 51.9 Å². The summed E-state index contributed by atoms with van der Waals surface area (Å²) in [6.07, 6.45) is -0.119. The van der Waals surface area contributed by atoms with Crippen molar-refractivity contribution in [3.63, 3.8) is 0 Å². The van der Waals surface area contributed by atoms with E-state index < -0.39 is 0 Å². The van der Waals surface area contributed by atoms with Gasteiger partial charge in [-0.25, -0.2) is 0 Å². The molecule has 0 N–H and O–H groups in total. The van der Waals surface area contributed by atoms with E-state index in [0.29, 0.717) is 18.8 Å². The Labute approximate surface area is 152 Å². The fraction of sp³-hybridized carbons (Fsp3) is 0.421. The van der Waals surface area contributed by atoms with Crippen LogP contribution in [0.2, 0.25) is 0 Å². The van der Waals surface area contributed by atoms with Crippen LogP contribution in [0.15, 0.2) is 35.1 Å². The highest BCUT2D eigenvalue weighted by Gasteiger charge is 2.30. The summed E-state index contributed by atoms with van der Waals surface area (Å²) in [6, 6.07) is 8.70. The van der Waals surface area contributed by atoms with E-state index in [0.717, 1.165) is 5.56 Å². The van der Waals surface area contributed by atoms with Gasteiger partial charge < -0.3 is 14.4 Å². The van der Waals surface area contributed by atoms with Crippen LogP contribution >= 0.6 is 0 Å². The smallest absolute Gasteiger partial charge is 0.278 e. The van der Waals surface area contributed by atoms with Crippen molar-refractivity contribution in [2.24, 2.45) is 0 Å². The number of aromatic nitrogens is 2. The Hall–Kier alpha value is -2.67. The number of carbonyl (C=O) groups is 1. The van der Waals surface area contributed by atoms with Crippen LogP contribution in [-0.2, 0) is 4.74 Å². The maximum Gasteiger partial charge on any atom is 0.278 e. The summed E-state index contributed by atoms with van der Waals surface area (Å²) in [5.41, 5.74) is 1.30. The van der Waals surface area contributed by atoms with E-state index in [9.17, 15) is 9.59 Å². The molecule has 0 spiro atoms. The Balaban J connectivity index is 2.06. The minimum absolute atomic E-state index is 0.0593. The molecule has 0 aliphatic carbocycles. The van der Waals surface area contributed by atoms with Gasteiger partial charge in [-0.2, -0.15) is 9.78 Å². The van der Waals surface area contributed by atoms with Crippen molar-refractivity contribution in [2.75, 3.05) is 20.2 Å². The fourth-order valence-electron chi connectivity index (χ4n) is 3.21. The van der Waals surface area contributed by atoms with Gasteiger partial charge in [0.15, 0.2) is 11.4 Å². The molecule has 1 aliphatic rings. The lowest BCUT2D eigenvalue weighted by molar-refractivity contribution is -0.0588. The van der Waals surface area contributed by atoms with Gasteiger partial charge in [0.1, 0.15) is 0 Å². The number of ether oxygens (including phenoxy) is 2. The minimum atomic E-state index is -0.351. The Morgan fingerprint density at radius 1 is 1.23 bits per heavy atom. The van der Waals surface area contributed by atoms with Crippen LogP contribution in [0.1, 0.15) is 29.9 Å². The highest BCUT2D eigenvalue weighted by Crippen LogP contribution is 2.20. The normalized spacial score (nSPS) is 20.1. The number of benzene rings is 1. The second-order valence-electron chi connectivity index (χ2n) is 6.57. The van der Waals surface area contributed by atoms with Crippen molar-refractivity contribution < 1.29 is 14.3 Å². The molecule has 0 bridgehead atoms. The second-order valence-corrected chi connectivity index (χ2v) is 6.57. The lowest BCUT2D eigenvalue weighted by Gasteiger charge is -2.35. The average Bonchev–Trinajstić information content (AvgIpc) is 2.60. The van der Waals surface area contributed by atoms with Crippen LogP contribution < -0.4 is 10.3 Å². The van der Waals surface area contributed by atoms with Crippen LogP contribution in [0.4, 0.5) is 0 Å². The second kappa shape index (κ2) is 7.29. The van der Waals surface area contributed by atoms with E-state index in [4.69, 9.17) is 9.47 Å². The largest absolute Gasteiger partial charge is 0.494 e. The van der Waals surface area contributed by atoms with Crippen LogP contribution in [-0.4, -0.2) is 53.0 Å². The molecule has 7 heteroatoms. The molecule has 0 saturated carbocycles. The summed E-state index contributed by atoms with van der Waals surface area (Å²) >= 11 is 0. The zero-order valence-corrected chi connectivity index (χ0v) is 15.4. The van der Waals surface area contributed by atoms with Crippen LogP contribution in [0, 0.1) is 6.92 Å². The maximum atomic E-state index is 13.1. The van der Waals surface area contributed by atoms with Crippen molar-refractivity contribution in [3.8, 4) is 11.4 Å². The third kappa shape index (κ3) is 3.48.